The molecular weight excluding hydrogens is 410 g/mol. The summed E-state index contributed by atoms with van der Waals surface area (Å²) in [6.07, 6.45) is 1.83. The first kappa shape index (κ1) is 17.6. The largest absolute Gasteiger partial charge is 0.308 e. The average Bonchev–Trinajstić information content (AvgIpc) is 3.38. The van der Waals surface area contributed by atoms with Crippen LogP contribution in [-0.4, -0.2) is 14.5 Å². The maximum atomic E-state index is 5.14. The summed E-state index contributed by atoms with van der Waals surface area (Å²) in [5, 5.41) is 3.66. The molecule has 0 radical (unpaired) electrons. The summed E-state index contributed by atoms with van der Waals surface area (Å²) < 4.78 is 3.60. The molecule has 4 heteroatoms. The van der Waals surface area contributed by atoms with Crippen molar-refractivity contribution in [3.8, 4) is 16.9 Å². The summed E-state index contributed by atoms with van der Waals surface area (Å²) in [6.45, 7) is 0. The van der Waals surface area contributed by atoms with E-state index in [1.165, 1.54) is 26.4 Å². The summed E-state index contributed by atoms with van der Waals surface area (Å²) in [5.41, 5.74) is 6.56. The molecule has 0 saturated heterocycles. The minimum atomic E-state index is 0.981. The summed E-state index contributed by atoms with van der Waals surface area (Å²) in [4.78, 5) is 10.7. The monoisotopic (exact) mass is 427 g/mol. The second-order valence-corrected chi connectivity index (χ2v) is 8.95. The number of nitrogens with zero attached hydrogens (tertiary/aromatic N) is 3. The van der Waals surface area contributed by atoms with E-state index in [0.29, 0.717) is 0 Å². The van der Waals surface area contributed by atoms with Crippen LogP contribution in [0.3, 0.4) is 0 Å². The van der Waals surface area contributed by atoms with Gasteiger partial charge in [-0.05, 0) is 42.5 Å². The van der Waals surface area contributed by atoms with Crippen LogP contribution in [0.2, 0.25) is 0 Å². The first-order chi connectivity index (χ1) is 15.9. The van der Waals surface area contributed by atoms with Crippen molar-refractivity contribution in [3.63, 3.8) is 0 Å². The van der Waals surface area contributed by atoms with Gasteiger partial charge in [0.1, 0.15) is 4.83 Å². The highest BCUT2D eigenvalue weighted by Crippen LogP contribution is 2.38. The molecule has 0 saturated carbocycles. The molecule has 0 atom stereocenters. The molecule has 150 valence electrons. The lowest BCUT2D eigenvalue weighted by Crippen LogP contribution is -1.94. The molecule has 7 rings (SSSR count). The molecular formula is C28H17N3S. The van der Waals surface area contributed by atoms with E-state index >= 15 is 0 Å². The van der Waals surface area contributed by atoms with Gasteiger partial charge in [0.2, 0.25) is 0 Å². The number of benzene rings is 3. The Labute approximate surface area is 188 Å². The van der Waals surface area contributed by atoms with Gasteiger partial charge in [0.05, 0.1) is 22.2 Å². The molecule has 0 unspecified atom stereocenters. The molecule has 0 aliphatic rings. The zero-order valence-corrected chi connectivity index (χ0v) is 17.9. The lowest BCUT2D eigenvalue weighted by atomic mass is 10.1. The Balaban J connectivity index is 1.52. The number of hydrogen-bond donors (Lipinski definition) is 0. The molecule has 0 aliphatic carbocycles. The van der Waals surface area contributed by atoms with Crippen LogP contribution in [-0.2, 0) is 0 Å². The topological polar surface area (TPSA) is 30.7 Å². The zero-order valence-electron chi connectivity index (χ0n) is 17.1. The Morgan fingerprint density at radius 2 is 1.44 bits per heavy atom. The molecule has 0 aliphatic heterocycles. The van der Waals surface area contributed by atoms with Crippen molar-refractivity contribution >= 4 is 53.6 Å². The van der Waals surface area contributed by atoms with Gasteiger partial charge in [0.15, 0.2) is 0 Å². The highest BCUT2D eigenvalue weighted by molar-refractivity contribution is 7.25. The maximum absolute atomic E-state index is 5.14. The smallest absolute Gasteiger partial charge is 0.125 e. The van der Waals surface area contributed by atoms with Crippen molar-refractivity contribution in [1.82, 2.24) is 14.5 Å². The normalized spacial score (nSPS) is 11.8. The Kier molecular flexibility index (Phi) is 3.72. The van der Waals surface area contributed by atoms with Gasteiger partial charge in [-0.25, -0.2) is 4.98 Å². The first-order valence-corrected chi connectivity index (χ1v) is 11.4. The Hall–Kier alpha value is -4.02. The standard InChI is InChI=1S/C28H17N3S/c1-3-10-24-21(8-1)27-25(17-22-20-7-2-4-11-26(20)32-28(22)30-27)31(24)19-14-12-18(13-15-19)23-9-5-6-16-29-23/h1-17H. The molecule has 0 fully saturated rings. The molecule has 32 heavy (non-hydrogen) atoms. The van der Waals surface area contributed by atoms with Crippen molar-refractivity contribution in [3.05, 3.63) is 103 Å². The van der Waals surface area contributed by atoms with Crippen LogP contribution in [0.1, 0.15) is 0 Å². The van der Waals surface area contributed by atoms with Crippen LogP contribution in [0, 0.1) is 0 Å². The predicted octanol–water partition coefficient (Wildman–Crippen LogP) is 7.61. The van der Waals surface area contributed by atoms with Crippen molar-refractivity contribution < 1.29 is 0 Å². The fraction of sp³-hybridized carbons (Fsp3) is 0. The first-order valence-electron chi connectivity index (χ1n) is 10.6. The minimum absolute atomic E-state index is 0.981. The van der Waals surface area contributed by atoms with Crippen LogP contribution in [0.25, 0.3) is 59.2 Å². The number of thiophene rings is 1. The summed E-state index contributed by atoms with van der Waals surface area (Å²) in [6, 6.07) is 34.0. The van der Waals surface area contributed by atoms with E-state index in [1.807, 2.05) is 24.4 Å². The summed E-state index contributed by atoms with van der Waals surface area (Å²) in [5.74, 6) is 0. The van der Waals surface area contributed by atoms with Crippen LogP contribution in [0.15, 0.2) is 103 Å². The molecule has 4 heterocycles. The lowest BCUT2D eigenvalue weighted by molar-refractivity contribution is 1.18. The lowest BCUT2D eigenvalue weighted by Gasteiger charge is -2.09. The third kappa shape index (κ3) is 2.53. The maximum Gasteiger partial charge on any atom is 0.125 e. The fourth-order valence-electron chi connectivity index (χ4n) is 4.60. The number of rotatable bonds is 2. The van der Waals surface area contributed by atoms with Gasteiger partial charge in [0, 0.05) is 38.3 Å². The van der Waals surface area contributed by atoms with Gasteiger partial charge in [-0.3, -0.25) is 4.98 Å². The second kappa shape index (κ2) is 6.74. The van der Waals surface area contributed by atoms with Gasteiger partial charge in [-0.1, -0.05) is 54.6 Å². The molecule has 4 aromatic heterocycles. The Morgan fingerprint density at radius 1 is 0.656 bits per heavy atom. The average molecular weight is 428 g/mol. The highest BCUT2D eigenvalue weighted by atomic mass is 32.1. The van der Waals surface area contributed by atoms with Crippen LogP contribution in [0.4, 0.5) is 0 Å². The number of aromatic nitrogens is 3. The SMILES string of the molecule is c1ccc(-c2ccc(-n3c4ccccc4c4nc5sc6ccccc6c5cc43)cc2)nc1. The van der Waals surface area contributed by atoms with Gasteiger partial charge >= 0.3 is 0 Å². The van der Waals surface area contributed by atoms with Gasteiger partial charge in [-0.15, -0.1) is 11.3 Å². The number of hydrogen-bond acceptors (Lipinski definition) is 3. The van der Waals surface area contributed by atoms with E-state index in [1.54, 1.807) is 11.3 Å². The van der Waals surface area contributed by atoms with Crippen LogP contribution >= 0.6 is 11.3 Å². The third-order valence-electron chi connectivity index (χ3n) is 6.08. The zero-order chi connectivity index (χ0) is 21.1. The van der Waals surface area contributed by atoms with Crippen LogP contribution < -0.4 is 0 Å². The van der Waals surface area contributed by atoms with Crippen molar-refractivity contribution in [2.75, 3.05) is 0 Å². The Morgan fingerprint density at radius 3 is 2.28 bits per heavy atom. The van der Waals surface area contributed by atoms with Crippen molar-refractivity contribution in [1.29, 1.82) is 0 Å². The molecule has 0 N–H and O–H groups in total. The van der Waals surface area contributed by atoms with E-state index in [9.17, 15) is 0 Å². The Bertz CT molecular complexity index is 1760. The minimum Gasteiger partial charge on any atom is -0.308 e. The fourth-order valence-corrected chi connectivity index (χ4v) is 5.66. The quantitative estimate of drug-likeness (QED) is 0.284. The van der Waals surface area contributed by atoms with E-state index in [4.69, 9.17) is 4.98 Å². The van der Waals surface area contributed by atoms with Crippen molar-refractivity contribution in [2.45, 2.75) is 0 Å². The van der Waals surface area contributed by atoms with E-state index in [2.05, 4.69) is 88.4 Å². The highest BCUT2D eigenvalue weighted by Gasteiger charge is 2.16. The van der Waals surface area contributed by atoms with Crippen LogP contribution in [0.5, 0.6) is 0 Å². The number of fused-ring (bicyclic) bond motifs is 6. The van der Waals surface area contributed by atoms with Gasteiger partial charge in [0.25, 0.3) is 0 Å². The summed E-state index contributed by atoms with van der Waals surface area (Å²) >= 11 is 1.76. The van der Waals surface area contributed by atoms with E-state index < -0.39 is 0 Å². The van der Waals surface area contributed by atoms with Gasteiger partial charge < -0.3 is 4.57 Å². The molecule has 3 aromatic carbocycles. The molecule has 3 nitrogen and oxygen atoms in total. The third-order valence-corrected chi connectivity index (χ3v) is 7.16. The van der Waals surface area contributed by atoms with Gasteiger partial charge in [-0.2, -0.15) is 0 Å². The van der Waals surface area contributed by atoms with E-state index in [-0.39, 0.29) is 0 Å². The van der Waals surface area contributed by atoms with E-state index in [0.717, 1.165) is 32.8 Å². The molecule has 7 aromatic rings. The van der Waals surface area contributed by atoms with Crippen molar-refractivity contribution in [2.24, 2.45) is 0 Å². The predicted molar refractivity (Wildman–Crippen MR) is 135 cm³/mol. The summed E-state index contributed by atoms with van der Waals surface area (Å²) in [7, 11) is 0. The second-order valence-electron chi connectivity index (χ2n) is 7.92. The number of pyridine rings is 2. The number of para-hydroxylation sites is 1. The molecule has 0 bridgehead atoms. The molecule has 0 amide bonds. The molecule has 0 spiro atoms.